The van der Waals surface area contributed by atoms with Crippen molar-refractivity contribution in [3.63, 3.8) is 0 Å². The molecule has 1 unspecified atom stereocenters. The van der Waals surface area contributed by atoms with E-state index in [0.717, 1.165) is 25.7 Å². The van der Waals surface area contributed by atoms with E-state index in [-0.39, 0.29) is 35.0 Å². The highest BCUT2D eigenvalue weighted by molar-refractivity contribution is 6.03. The van der Waals surface area contributed by atoms with Crippen molar-refractivity contribution in [1.82, 2.24) is 4.90 Å². The van der Waals surface area contributed by atoms with E-state index in [1.54, 1.807) is 0 Å². The van der Waals surface area contributed by atoms with Crippen LogP contribution in [-0.4, -0.2) is 34.8 Å². The maximum absolute atomic E-state index is 12.6. The van der Waals surface area contributed by atoms with Crippen molar-refractivity contribution in [2.75, 3.05) is 6.54 Å². The zero-order chi connectivity index (χ0) is 19.0. The molecule has 5 nitrogen and oxygen atoms in total. The third-order valence-electron chi connectivity index (χ3n) is 5.32. The first-order chi connectivity index (χ1) is 11.4. The summed E-state index contributed by atoms with van der Waals surface area (Å²) in [6.07, 6.45) is 3.61. The predicted molar refractivity (Wildman–Crippen MR) is 95.6 cm³/mol. The normalized spacial score (nSPS) is 28.4. The van der Waals surface area contributed by atoms with E-state index in [2.05, 4.69) is 0 Å². The number of hydrogen-bond donors (Lipinski definition) is 0. The Morgan fingerprint density at radius 2 is 1.60 bits per heavy atom. The number of carbonyl (C=O) groups excluding carboxylic acids is 3. The van der Waals surface area contributed by atoms with Gasteiger partial charge in [-0.05, 0) is 57.8 Å². The summed E-state index contributed by atoms with van der Waals surface area (Å²) in [5, 5.41) is 0. The topological polar surface area (TPSA) is 63.7 Å². The van der Waals surface area contributed by atoms with Gasteiger partial charge in [0.2, 0.25) is 11.8 Å². The SMILES string of the molecule is CC(C)(C)OC(=O)C1CCC(CN2C(=O)CC(C(C)(C)C)C2=O)CC1. The number of hydrogen-bond acceptors (Lipinski definition) is 4. The molecule has 2 aliphatic rings. The lowest BCUT2D eigenvalue weighted by molar-refractivity contribution is -0.161. The van der Waals surface area contributed by atoms with Gasteiger partial charge < -0.3 is 4.74 Å². The summed E-state index contributed by atoms with van der Waals surface area (Å²) in [7, 11) is 0. The Morgan fingerprint density at radius 1 is 1.04 bits per heavy atom. The summed E-state index contributed by atoms with van der Waals surface area (Å²) in [5.74, 6) is -0.149. The van der Waals surface area contributed by atoms with Gasteiger partial charge in [-0.1, -0.05) is 20.8 Å². The molecule has 0 N–H and O–H groups in total. The minimum absolute atomic E-state index is 0.0215. The van der Waals surface area contributed by atoms with Gasteiger partial charge in [0.15, 0.2) is 0 Å². The Hall–Kier alpha value is -1.39. The summed E-state index contributed by atoms with van der Waals surface area (Å²) in [4.78, 5) is 38.5. The molecule has 1 saturated heterocycles. The van der Waals surface area contributed by atoms with Crippen LogP contribution in [-0.2, 0) is 19.1 Å². The number of likely N-dealkylation sites (tertiary alicyclic amines) is 1. The number of rotatable bonds is 3. The van der Waals surface area contributed by atoms with Gasteiger partial charge in [0.25, 0.3) is 0 Å². The molecule has 0 bridgehead atoms. The van der Waals surface area contributed by atoms with E-state index in [1.807, 2.05) is 41.5 Å². The number of carbonyl (C=O) groups is 3. The van der Waals surface area contributed by atoms with Crippen LogP contribution in [0.25, 0.3) is 0 Å². The lowest BCUT2D eigenvalue weighted by Gasteiger charge is -2.32. The van der Waals surface area contributed by atoms with Gasteiger partial charge in [0.05, 0.1) is 11.8 Å². The predicted octanol–water partition coefficient (Wildman–Crippen LogP) is 3.56. The van der Waals surface area contributed by atoms with Crippen LogP contribution >= 0.6 is 0 Å². The third-order valence-corrected chi connectivity index (χ3v) is 5.32. The van der Waals surface area contributed by atoms with Gasteiger partial charge in [-0.25, -0.2) is 0 Å². The number of amides is 2. The van der Waals surface area contributed by atoms with Gasteiger partial charge in [0, 0.05) is 13.0 Å². The molecule has 2 rings (SSSR count). The molecule has 0 aromatic heterocycles. The van der Waals surface area contributed by atoms with Crippen LogP contribution in [0.4, 0.5) is 0 Å². The smallest absolute Gasteiger partial charge is 0.309 e. The quantitative estimate of drug-likeness (QED) is 0.576. The molecule has 1 saturated carbocycles. The zero-order valence-corrected chi connectivity index (χ0v) is 16.6. The first kappa shape index (κ1) is 19.9. The lowest BCUT2D eigenvalue weighted by atomic mass is 9.79. The van der Waals surface area contributed by atoms with Crippen LogP contribution in [0.1, 0.15) is 73.6 Å². The molecule has 1 atom stereocenters. The van der Waals surface area contributed by atoms with Gasteiger partial charge in [-0.3, -0.25) is 19.3 Å². The van der Waals surface area contributed by atoms with Crippen LogP contribution in [0.15, 0.2) is 0 Å². The molecule has 25 heavy (non-hydrogen) atoms. The van der Waals surface area contributed by atoms with E-state index in [0.29, 0.717) is 18.9 Å². The van der Waals surface area contributed by atoms with Crippen molar-refractivity contribution < 1.29 is 19.1 Å². The fourth-order valence-electron chi connectivity index (χ4n) is 3.78. The van der Waals surface area contributed by atoms with E-state index in [1.165, 1.54) is 4.90 Å². The Bertz CT molecular complexity index is 533. The van der Waals surface area contributed by atoms with Crippen LogP contribution < -0.4 is 0 Å². The lowest BCUT2D eigenvalue weighted by Crippen LogP contribution is -2.39. The highest BCUT2D eigenvalue weighted by Gasteiger charge is 2.45. The van der Waals surface area contributed by atoms with E-state index in [4.69, 9.17) is 4.74 Å². The Morgan fingerprint density at radius 3 is 2.04 bits per heavy atom. The second-order valence-corrected chi connectivity index (χ2v) is 9.72. The zero-order valence-electron chi connectivity index (χ0n) is 16.6. The molecule has 142 valence electrons. The summed E-state index contributed by atoms with van der Waals surface area (Å²) >= 11 is 0. The van der Waals surface area contributed by atoms with Gasteiger partial charge in [-0.2, -0.15) is 0 Å². The molecule has 2 amide bonds. The van der Waals surface area contributed by atoms with Crippen LogP contribution in [0.2, 0.25) is 0 Å². The molecule has 1 aliphatic carbocycles. The maximum atomic E-state index is 12.6. The minimum Gasteiger partial charge on any atom is -0.460 e. The molecule has 0 radical (unpaired) electrons. The van der Waals surface area contributed by atoms with Crippen molar-refractivity contribution >= 4 is 17.8 Å². The van der Waals surface area contributed by atoms with E-state index >= 15 is 0 Å². The second-order valence-electron chi connectivity index (χ2n) is 9.72. The van der Waals surface area contributed by atoms with Crippen molar-refractivity contribution in [2.24, 2.45) is 23.2 Å². The fraction of sp³-hybridized carbons (Fsp3) is 0.850. The van der Waals surface area contributed by atoms with Gasteiger partial charge in [0.1, 0.15) is 5.60 Å². The summed E-state index contributed by atoms with van der Waals surface area (Å²) < 4.78 is 5.47. The Labute approximate surface area is 151 Å². The Balaban J connectivity index is 1.87. The number of ether oxygens (including phenoxy) is 1. The second kappa shape index (κ2) is 7.08. The molecule has 0 spiro atoms. The summed E-state index contributed by atoms with van der Waals surface area (Å²) in [6, 6.07) is 0. The maximum Gasteiger partial charge on any atom is 0.309 e. The molecule has 0 aromatic rings. The molecular weight excluding hydrogens is 318 g/mol. The summed E-state index contributed by atoms with van der Waals surface area (Å²) in [6.45, 7) is 12.2. The molecule has 1 aliphatic heterocycles. The monoisotopic (exact) mass is 351 g/mol. The number of esters is 1. The molecule has 5 heteroatoms. The van der Waals surface area contributed by atoms with Gasteiger partial charge in [-0.15, -0.1) is 0 Å². The highest BCUT2D eigenvalue weighted by atomic mass is 16.6. The first-order valence-corrected chi connectivity index (χ1v) is 9.45. The standard InChI is InChI=1S/C20H33NO4/c1-19(2,3)15-11-16(22)21(17(15)23)12-13-7-9-14(10-8-13)18(24)25-20(4,5)6/h13-15H,7-12H2,1-6H3. The van der Waals surface area contributed by atoms with Crippen molar-refractivity contribution in [2.45, 2.75) is 79.2 Å². The molecule has 2 fully saturated rings. The average molecular weight is 351 g/mol. The number of nitrogens with zero attached hydrogens (tertiary/aromatic N) is 1. The van der Waals surface area contributed by atoms with Crippen LogP contribution in [0.3, 0.4) is 0 Å². The largest absolute Gasteiger partial charge is 0.460 e. The van der Waals surface area contributed by atoms with E-state index < -0.39 is 5.60 Å². The van der Waals surface area contributed by atoms with Crippen molar-refractivity contribution in [3.8, 4) is 0 Å². The number of imide groups is 1. The highest BCUT2D eigenvalue weighted by Crippen LogP contribution is 2.37. The van der Waals surface area contributed by atoms with Crippen molar-refractivity contribution in [3.05, 3.63) is 0 Å². The molecular formula is C20H33NO4. The molecule has 1 heterocycles. The first-order valence-electron chi connectivity index (χ1n) is 9.45. The Kier molecular flexibility index (Phi) is 5.65. The van der Waals surface area contributed by atoms with Crippen LogP contribution in [0.5, 0.6) is 0 Å². The summed E-state index contributed by atoms with van der Waals surface area (Å²) in [5.41, 5.74) is -0.639. The molecule has 0 aromatic carbocycles. The fourth-order valence-corrected chi connectivity index (χ4v) is 3.78. The van der Waals surface area contributed by atoms with E-state index in [9.17, 15) is 14.4 Å². The average Bonchev–Trinajstić information content (AvgIpc) is 2.74. The minimum atomic E-state index is -0.454. The van der Waals surface area contributed by atoms with Gasteiger partial charge >= 0.3 is 5.97 Å². The third kappa shape index (κ3) is 5.05. The van der Waals surface area contributed by atoms with Crippen molar-refractivity contribution in [1.29, 1.82) is 0 Å². The van der Waals surface area contributed by atoms with Crippen LogP contribution in [0, 0.1) is 23.2 Å².